The van der Waals surface area contributed by atoms with Gasteiger partial charge in [0.25, 0.3) is 0 Å². The monoisotopic (exact) mass is 294 g/mol. The van der Waals surface area contributed by atoms with Crippen LogP contribution in [0.5, 0.6) is 0 Å². The maximum Gasteiger partial charge on any atom is 0.168 e. The van der Waals surface area contributed by atoms with Gasteiger partial charge in [0.15, 0.2) is 5.78 Å². The Hall–Kier alpha value is -0.940. The minimum atomic E-state index is -0.165. The zero-order valence-electron chi connectivity index (χ0n) is 11.6. The van der Waals surface area contributed by atoms with Crippen LogP contribution in [0.15, 0.2) is 0 Å². The summed E-state index contributed by atoms with van der Waals surface area (Å²) in [5.74, 6) is 0.247. The molecule has 0 aliphatic carbocycles. The summed E-state index contributed by atoms with van der Waals surface area (Å²) in [5, 5.41) is 7.83. The van der Waals surface area contributed by atoms with Crippen molar-refractivity contribution in [3.05, 3.63) is 16.0 Å². The largest absolute Gasteiger partial charge is 0.371 e. The summed E-state index contributed by atoms with van der Waals surface area (Å²) in [7, 11) is 0. The van der Waals surface area contributed by atoms with Crippen molar-refractivity contribution < 1.29 is 4.79 Å². The molecule has 2 N–H and O–H groups in total. The summed E-state index contributed by atoms with van der Waals surface area (Å²) in [5.41, 5.74) is 1.78. The molecule has 3 heterocycles. The van der Waals surface area contributed by atoms with Gasteiger partial charge in [0.05, 0.1) is 10.4 Å². The number of ketones is 1. The van der Waals surface area contributed by atoms with Gasteiger partial charge in [-0.3, -0.25) is 4.79 Å². The molecule has 2 aliphatic rings. The minimum absolute atomic E-state index is 0.0772. The van der Waals surface area contributed by atoms with E-state index in [1.165, 1.54) is 0 Å². The third kappa shape index (κ3) is 2.09. The summed E-state index contributed by atoms with van der Waals surface area (Å²) >= 11 is 7.07. The molecule has 0 fully saturated rings. The highest BCUT2D eigenvalue weighted by Gasteiger charge is 2.39. The molecule has 19 heavy (non-hydrogen) atoms. The van der Waals surface area contributed by atoms with Crippen LogP contribution in [0.3, 0.4) is 0 Å². The number of Topliss-reactive ketones (excluding diaryl/α,β-unsaturated/α-hetero) is 1. The summed E-state index contributed by atoms with van der Waals surface area (Å²) in [6.07, 6.45) is 1.39. The normalized spacial score (nSPS) is 23.2. The second-order valence-corrected chi connectivity index (χ2v) is 8.17. The Bertz CT molecular complexity index is 599. The van der Waals surface area contributed by atoms with Crippen molar-refractivity contribution in [2.75, 3.05) is 5.32 Å². The van der Waals surface area contributed by atoms with Crippen LogP contribution in [0.1, 0.15) is 54.9 Å². The van der Waals surface area contributed by atoms with E-state index < -0.39 is 0 Å². The molecule has 2 aliphatic heterocycles. The third-order valence-corrected chi connectivity index (χ3v) is 5.22. The molecular weight excluding hydrogens is 276 g/mol. The number of hydrogen-bond donors (Lipinski definition) is 2. The summed E-state index contributed by atoms with van der Waals surface area (Å²) in [4.78, 5) is 14.3. The third-order valence-electron chi connectivity index (χ3n) is 3.62. The average Bonchev–Trinajstić information content (AvgIpc) is 2.52. The van der Waals surface area contributed by atoms with Gasteiger partial charge in [-0.05, 0) is 39.7 Å². The number of nitrogens with one attached hydrogen (secondary N) is 2. The van der Waals surface area contributed by atoms with Crippen molar-refractivity contribution in [2.45, 2.75) is 51.6 Å². The molecule has 0 atom stereocenters. The minimum Gasteiger partial charge on any atom is -0.371 e. The van der Waals surface area contributed by atoms with E-state index in [0.717, 1.165) is 32.4 Å². The molecule has 0 amide bonds. The quantitative estimate of drug-likeness (QED) is 0.721. The number of fused-ring (bicyclic) bond motifs is 3. The average molecular weight is 294 g/mol. The van der Waals surface area contributed by atoms with Crippen LogP contribution in [0.4, 0.5) is 5.00 Å². The van der Waals surface area contributed by atoms with E-state index in [1.54, 1.807) is 11.3 Å². The van der Waals surface area contributed by atoms with E-state index in [-0.39, 0.29) is 16.9 Å². The molecule has 5 heteroatoms. The van der Waals surface area contributed by atoms with Gasteiger partial charge in [-0.1, -0.05) is 12.2 Å². The lowest BCUT2D eigenvalue weighted by molar-refractivity contribution is 0.0958. The second-order valence-electron chi connectivity index (χ2n) is 6.74. The van der Waals surface area contributed by atoms with Crippen LogP contribution in [-0.4, -0.2) is 21.8 Å². The molecular formula is C14H18N2OS2. The van der Waals surface area contributed by atoms with Gasteiger partial charge in [-0.15, -0.1) is 11.3 Å². The first-order valence-electron chi connectivity index (χ1n) is 6.48. The fourth-order valence-corrected chi connectivity index (χ4v) is 4.73. The zero-order valence-corrected chi connectivity index (χ0v) is 13.3. The predicted octanol–water partition coefficient (Wildman–Crippen LogP) is 3.12. The second kappa shape index (κ2) is 3.79. The fourth-order valence-electron chi connectivity index (χ4n) is 2.89. The van der Waals surface area contributed by atoms with Gasteiger partial charge in [0.1, 0.15) is 9.99 Å². The van der Waals surface area contributed by atoms with Crippen LogP contribution in [0.2, 0.25) is 0 Å². The number of thiocarbonyl (C=S) groups is 1. The molecule has 0 bridgehead atoms. The van der Waals surface area contributed by atoms with E-state index in [4.69, 9.17) is 12.2 Å². The molecule has 1 aromatic heterocycles. The Morgan fingerprint density at radius 3 is 2.42 bits per heavy atom. The summed E-state index contributed by atoms with van der Waals surface area (Å²) in [6, 6.07) is 0. The first kappa shape index (κ1) is 13.1. The Morgan fingerprint density at radius 2 is 1.74 bits per heavy atom. The van der Waals surface area contributed by atoms with E-state index >= 15 is 0 Å². The zero-order chi connectivity index (χ0) is 14.0. The van der Waals surface area contributed by atoms with Crippen molar-refractivity contribution in [2.24, 2.45) is 0 Å². The molecule has 0 unspecified atom stereocenters. The number of hydrogen-bond acceptors (Lipinski definition) is 4. The lowest BCUT2D eigenvalue weighted by Crippen LogP contribution is -2.48. The molecule has 0 radical (unpaired) electrons. The van der Waals surface area contributed by atoms with Crippen molar-refractivity contribution in [1.29, 1.82) is 0 Å². The highest BCUT2D eigenvalue weighted by Crippen LogP contribution is 2.43. The Morgan fingerprint density at radius 1 is 1.11 bits per heavy atom. The summed E-state index contributed by atoms with van der Waals surface area (Å²) in [6.45, 7) is 8.37. The van der Waals surface area contributed by atoms with E-state index in [2.05, 4.69) is 38.3 Å². The highest BCUT2D eigenvalue weighted by atomic mass is 32.1. The molecule has 3 nitrogen and oxygen atoms in total. The van der Waals surface area contributed by atoms with Gasteiger partial charge in [0.2, 0.25) is 0 Å². The van der Waals surface area contributed by atoms with Crippen LogP contribution in [0.25, 0.3) is 0 Å². The maximum absolute atomic E-state index is 12.5. The fraction of sp³-hybridized carbons (Fsp3) is 0.571. The molecule has 0 saturated carbocycles. The van der Waals surface area contributed by atoms with Gasteiger partial charge in [0, 0.05) is 17.5 Å². The molecule has 102 valence electrons. The van der Waals surface area contributed by atoms with Crippen molar-refractivity contribution in [1.82, 2.24) is 5.32 Å². The number of carbonyl (C=O) groups excluding carboxylic acids is 1. The van der Waals surface area contributed by atoms with Gasteiger partial charge in [-0.25, -0.2) is 0 Å². The smallest absolute Gasteiger partial charge is 0.168 e. The Kier molecular flexibility index (Phi) is 2.61. The summed E-state index contributed by atoms with van der Waals surface area (Å²) < 4.78 is 0. The maximum atomic E-state index is 12.5. The lowest BCUT2D eigenvalue weighted by atomic mass is 9.84. The van der Waals surface area contributed by atoms with E-state index in [1.807, 2.05) is 0 Å². The molecule has 3 rings (SSSR count). The van der Waals surface area contributed by atoms with E-state index in [0.29, 0.717) is 6.42 Å². The number of carbonyl (C=O) groups is 1. The predicted molar refractivity (Wildman–Crippen MR) is 83.6 cm³/mol. The van der Waals surface area contributed by atoms with Crippen molar-refractivity contribution in [3.8, 4) is 0 Å². The SMILES string of the molecule is CC1(C)Cc2c(sc3c2C(=O)CC(C)(C)N3)C(=S)N1. The molecule has 0 spiro atoms. The van der Waals surface area contributed by atoms with Gasteiger partial charge >= 0.3 is 0 Å². The Labute approximate surface area is 122 Å². The van der Waals surface area contributed by atoms with Crippen LogP contribution < -0.4 is 10.6 Å². The van der Waals surface area contributed by atoms with Gasteiger partial charge < -0.3 is 10.6 Å². The van der Waals surface area contributed by atoms with E-state index in [9.17, 15) is 4.79 Å². The van der Waals surface area contributed by atoms with Crippen molar-refractivity contribution in [3.63, 3.8) is 0 Å². The topological polar surface area (TPSA) is 41.1 Å². The van der Waals surface area contributed by atoms with Crippen LogP contribution in [0, 0.1) is 0 Å². The van der Waals surface area contributed by atoms with Gasteiger partial charge in [-0.2, -0.15) is 0 Å². The molecule has 0 saturated heterocycles. The molecule has 1 aromatic rings. The Balaban J connectivity index is 2.16. The number of thiophene rings is 1. The van der Waals surface area contributed by atoms with Crippen molar-refractivity contribution >= 4 is 39.3 Å². The van der Waals surface area contributed by atoms with Crippen LogP contribution in [-0.2, 0) is 6.42 Å². The lowest BCUT2D eigenvalue weighted by Gasteiger charge is -2.34. The first-order valence-corrected chi connectivity index (χ1v) is 7.71. The first-order chi connectivity index (χ1) is 8.69. The highest BCUT2D eigenvalue weighted by molar-refractivity contribution is 7.81. The number of rotatable bonds is 0. The standard InChI is InChI=1S/C14H18N2OS2/c1-13(2)5-7-9-8(17)6-14(3,4)16-12(9)19-10(7)11(18)15-13/h16H,5-6H2,1-4H3,(H,15,18). The molecule has 0 aromatic carbocycles. The number of anilines is 1. The van der Waals surface area contributed by atoms with Crippen LogP contribution >= 0.6 is 23.6 Å².